The van der Waals surface area contributed by atoms with Gasteiger partial charge in [-0.25, -0.2) is 4.98 Å². The largest absolute Gasteiger partial charge is 0.349 e. The lowest BCUT2D eigenvalue weighted by Crippen LogP contribution is -2.40. The molecule has 0 unspecified atom stereocenters. The number of likely N-dealkylation sites (tertiary alicyclic amines) is 1. The van der Waals surface area contributed by atoms with Crippen molar-refractivity contribution in [1.82, 2.24) is 14.5 Å². The lowest BCUT2D eigenvalue weighted by molar-refractivity contribution is 0.306. The molecule has 4 nitrogen and oxygen atoms in total. The van der Waals surface area contributed by atoms with Crippen LogP contribution in [0.25, 0.3) is 0 Å². The van der Waals surface area contributed by atoms with Crippen molar-refractivity contribution in [2.45, 2.75) is 51.0 Å². The number of rotatable bonds is 5. The summed E-state index contributed by atoms with van der Waals surface area (Å²) in [7, 11) is 0. The Kier molecular flexibility index (Phi) is 5.86. The Morgan fingerprint density at radius 1 is 1.17 bits per heavy atom. The van der Waals surface area contributed by atoms with Gasteiger partial charge >= 0.3 is 0 Å². The third-order valence-electron chi connectivity index (χ3n) is 6.47. The van der Waals surface area contributed by atoms with Crippen molar-refractivity contribution < 1.29 is 0 Å². The fourth-order valence-corrected chi connectivity index (χ4v) is 5.75. The monoisotopic (exact) mass is 436 g/mol. The van der Waals surface area contributed by atoms with Gasteiger partial charge in [0.05, 0.1) is 0 Å². The van der Waals surface area contributed by atoms with Crippen molar-refractivity contribution in [3.05, 3.63) is 69.9 Å². The van der Waals surface area contributed by atoms with Crippen LogP contribution in [0.4, 0.5) is 5.69 Å². The number of anilines is 1. The molecule has 30 heavy (non-hydrogen) atoms. The molecule has 0 bridgehead atoms. The molecule has 1 aromatic carbocycles. The van der Waals surface area contributed by atoms with Gasteiger partial charge in [0.1, 0.15) is 5.82 Å². The number of fused-ring (bicyclic) bond motifs is 1. The highest BCUT2D eigenvalue weighted by Crippen LogP contribution is 2.29. The van der Waals surface area contributed by atoms with Gasteiger partial charge in [-0.15, -0.1) is 0 Å². The smallest absolute Gasteiger partial charge is 0.173 e. The summed E-state index contributed by atoms with van der Waals surface area (Å²) in [5.74, 6) is 1.75. The van der Waals surface area contributed by atoms with E-state index in [0.29, 0.717) is 5.92 Å². The second-order valence-electron chi connectivity index (χ2n) is 8.39. The molecule has 156 valence electrons. The second kappa shape index (κ2) is 8.90. The highest BCUT2D eigenvalue weighted by molar-refractivity contribution is 7.80. The molecule has 3 aromatic rings. The molecule has 0 radical (unpaired) electrons. The van der Waals surface area contributed by atoms with Gasteiger partial charge in [-0.05, 0) is 96.4 Å². The van der Waals surface area contributed by atoms with Gasteiger partial charge in [0, 0.05) is 43.6 Å². The van der Waals surface area contributed by atoms with E-state index >= 15 is 0 Å². The zero-order valence-electron chi connectivity index (χ0n) is 17.2. The van der Waals surface area contributed by atoms with Crippen molar-refractivity contribution in [2.75, 3.05) is 18.4 Å². The highest BCUT2D eigenvalue weighted by Gasteiger charge is 2.25. The molecule has 2 aromatic heterocycles. The molecule has 0 atom stereocenters. The van der Waals surface area contributed by atoms with E-state index in [1.807, 2.05) is 6.20 Å². The average Bonchev–Trinajstić information content (AvgIpc) is 3.53. The number of aryl methyl sites for hydroxylation is 4. The highest BCUT2D eigenvalue weighted by atomic mass is 32.1. The van der Waals surface area contributed by atoms with Crippen LogP contribution in [0, 0.1) is 0 Å². The van der Waals surface area contributed by atoms with E-state index in [-0.39, 0.29) is 0 Å². The van der Waals surface area contributed by atoms with Crippen LogP contribution in [0.2, 0.25) is 0 Å². The lowest BCUT2D eigenvalue weighted by atomic mass is 9.96. The molecule has 0 amide bonds. The van der Waals surface area contributed by atoms with Gasteiger partial charge in [-0.2, -0.15) is 11.3 Å². The molecule has 3 heterocycles. The minimum atomic E-state index is 0.515. The summed E-state index contributed by atoms with van der Waals surface area (Å²) >= 11 is 7.50. The predicted molar refractivity (Wildman–Crippen MR) is 128 cm³/mol. The van der Waals surface area contributed by atoms with Crippen LogP contribution >= 0.6 is 23.6 Å². The van der Waals surface area contributed by atoms with Gasteiger partial charge < -0.3 is 14.8 Å². The minimum absolute atomic E-state index is 0.515. The van der Waals surface area contributed by atoms with Crippen LogP contribution in [-0.2, 0) is 25.8 Å². The van der Waals surface area contributed by atoms with Gasteiger partial charge in [-0.3, -0.25) is 0 Å². The molecule has 1 aliphatic heterocycles. The van der Waals surface area contributed by atoms with Gasteiger partial charge in [-0.1, -0.05) is 6.07 Å². The van der Waals surface area contributed by atoms with E-state index < -0.39 is 0 Å². The van der Waals surface area contributed by atoms with E-state index in [2.05, 4.69) is 56.0 Å². The number of hydrogen-bond acceptors (Lipinski definition) is 3. The summed E-state index contributed by atoms with van der Waals surface area (Å²) in [5.41, 5.74) is 5.53. The number of piperidine rings is 1. The SMILES string of the molecule is S=C(Nc1ccc2c(c1)CCC2)N1CCC(c2nccn2CCc2ccsc2)CC1. The van der Waals surface area contributed by atoms with Crippen LogP contribution in [0.1, 0.15) is 47.7 Å². The molecule has 1 saturated heterocycles. The second-order valence-corrected chi connectivity index (χ2v) is 9.56. The average molecular weight is 437 g/mol. The number of hydrogen-bond donors (Lipinski definition) is 1. The zero-order chi connectivity index (χ0) is 20.3. The molecule has 6 heteroatoms. The summed E-state index contributed by atoms with van der Waals surface area (Å²) in [6, 6.07) is 8.93. The molecular weight excluding hydrogens is 408 g/mol. The lowest BCUT2D eigenvalue weighted by Gasteiger charge is -2.33. The Hall–Kier alpha value is -2.18. The Labute approximate surface area is 187 Å². The molecule has 0 spiro atoms. The third kappa shape index (κ3) is 4.30. The summed E-state index contributed by atoms with van der Waals surface area (Å²) in [5, 5.41) is 8.72. The number of benzene rings is 1. The maximum Gasteiger partial charge on any atom is 0.173 e. The van der Waals surface area contributed by atoms with Crippen molar-refractivity contribution >= 4 is 34.4 Å². The molecular formula is C24H28N4S2. The van der Waals surface area contributed by atoms with Crippen LogP contribution in [0.3, 0.4) is 0 Å². The third-order valence-corrected chi connectivity index (χ3v) is 7.56. The van der Waals surface area contributed by atoms with E-state index in [0.717, 1.165) is 49.7 Å². The van der Waals surface area contributed by atoms with Crippen LogP contribution in [0.5, 0.6) is 0 Å². The van der Waals surface area contributed by atoms with Crippen LogP contribution in [-0.4, -0.2) is 32.7 Å². The van der Waals surface area contributed by atoms with E-state index in [1.54, 1.807) is 11.3 Å². The number of thiophene rings is 1. The van der Waals surface area contributed by atoms with Crippen molar-refractivity contribution in [1.29, 1.82) is 0 Å². The zero-order valence-corrected chi connectivity index (χ0v) is 18.9. The number of imidazole rings is 1. The molecule has 0 saturated carbocycles. The van der Waals surface area contributed by atoms with Gasteiger partial charge in [0.2, 0.25) is 0 Å². The predicted octanol–water partition coefficient (Wildman–Crippen LogP) is 5.25. The number of nitrogens with one attached hydrogen (secondary N) is 1. The maximum absolute atomic E-state index is 5.73. The van der Waals surface area contributed by atoms with E-state index in [9.17, 15) is 0 Å². The van der Waals surface area contributed by atoms with Crippen molar-refractivity contribution in [3.8, 4) is 0 Å². The molecule has 2 aliphatic rings. The summed E-state index contributed by atoms with van der Waals surface area (Å²) < 4.78 is 2.35. The van der Waals surface area contributed by atoms with Crippen LogP contribution < -0.4 is 5.32 Å². The summed E-state index contributed by atoms with van der Waals surface area (Å²) in [6.45, 7) is 2.97. The fourth-order valence-electron chi connectivity index (χ4n) is 4.75. The first-order valence-electron chi connectivity index (χ1n) is 11.0. The number of thiocarbonyl (C=S) groups is 1. The summed E-state index contributed by atoms with van der Waals surface area (Å²) in [4.78, 5) is 7.03. The topological polar surface area (TPSA) is 33.1 Å². The van der Waals surface area contributed by atoms with Gasteiger partial charge in [0.15, 0.2) is 5.11 Å². The number of aromatic nitrogens is 2. The van der Waals surface area contributed by atoms with Crippen molar-refractivity contribution in [2.24, 2.45) is 0 Å². The minimum Gasteiger partial charge on any atom is -0.349 e. The Morgan fingerprint density at radius 3 is 2.87 bits per heavy atom. The fraction of sp³-hybridized carbons (Fsp3) is 0.417. The quantitative estimate of drug-likeness (QED) is 0.554. The van der Waals surface area contributed by atoms with Crippen LogP contribution in [0.15, 0.2) is 47.4 Å². The van der Waals surface area contributed by atoms with E-state index in [4.69, 9.17) is 17.2 Å². The summed E-state index contributed by atoms with van der Waals surface area (Å²) in [6.07, 6.45) is 11.0. The number of nitrogens with zero attached hydrogens (tertiary/aromatic N) is 3. The van der Waals surface area contributed by atoms with Crippen molar-refractivity contribution in [3.63, 3.8) is 0 Å². The molecule has 1 aliphatic carbocycles. The normalized spacial score (nSPS) is 16.6. The first kappa shape index (κ1) is 19.8. The molecule has 5 rings (SSSR count). The Morgan fingerprint density at radius 2 is 2.03 bits per heavy atom. The molecule has 1 fully saturated rings. The molecule has 1 N–H and O–H groups in total. The Balaban J connectivity index is 1.16. The first-order valence-corrected chi connectivity index (χ1v) is 12.3. The Bertz CT molecular complexity index is 1000. The van der Waals surface area contributed by atoms with Gasteiger partial charge in [0.25, 0.3) is 0 Å². The maximum atomic E-state index is 5.73. The standard InChI is InChI=1S/C24H28N4S2/c29-24(26-22-5-4-19-2-1-3-21(19)16-22)28-12-7-20(8-13-28)23-25-10-14-27(23)11-6-18-9-15-30-17-18/h4-5,9-10,14-17,20H,1-3,6-8,11-13H2,(H,26,29). The first-order chi connectivity index (χ1) is 14.8. The van der Waals surface area contributed by atoms with E-state index in [1.165, 1.54) is 41.8 Å².